The normalized spacial score (nSPS) is 18.4. The number of hydrogen-bond donors (Lipinski definition) is 0. The molecule has 0 radical (unpaired) electrons. The number of hydrogen-bond acceptors (Lipinski definition) is 4. The lowest BCUT2D eigenvalue weighted by molar-refractivity contribution is 0.0697. The number of rotatable bonds is 4. The highest BCUT2D eigenvalue weighted by atomic mass is 32.2. The molecule has 0 aliphatic carbocycles. The smallest absolute Gasteiger partial charge is 0.257 e. The van der Waals surface area contributed by atoms with E-state index in [-0.39, 0.29) is 5.91 Å². The number of fused-ring (bicyclic) bond motifs is 1. The summed E-state index contributed by atoms with van der Waals surface area (Å²) >= 11 is 0. The van der Waals surface area contributed by atoms with E-state index in [9.17, 15) is 13.2 Å². The average molecular weight is 401 g/mol. The van der Waals surface area contributed by atoms with Crippen LogP contribution in [0, 0.1) is 0 Å². The molecule has 2 aromatic rings. The second-order valence-electron chi connectivity index (χ2n) is 7.13. The van der Waals surface area contributed by atoms with E-state index < -0.39 is 10.0 Å². The van der Waals surface area contributed by atoms with Crippen LogP contribution in [0.3, 0.4) is 0 Å². The molecule has 2 aliphatic rings. The summed E-state index contributed by atoms with van der Waals surface area (Å²) in [7, 11) is -3.50. The molecule has 0 bridgehead atoms. The van der Waals surface area contributed by atoms with Crippen molar-refractivity contribution in [3.8, 4) is 0 Å². The van der Waals surface area contributed by atoms with E-state index in [0.29, 0.717) is 31.7 Å². The maximum absolute atomic E-state index is 12.9. The van der Waals surface area contributed by atoms with Crippen LogP contribution in [-0.4, -0.2) is 59.5 Å². The first kappa shape index (κ1) is 18.9. The second-order valence-corrected chi connectivity index (χ2v) is 8.95. The molecule has 0 spiro atoms. The van der Waals surface area contributed by atoms with Gasteiger partial charge in [0.1, 0.15) is 0 Å². The van der Waals surface area contributed by atoms with E-state index in [1.807, 2.05) is 35.0 Å². The van der Waals surface area contributed by atoms with Gasteiger partial charge < -0.3 is 4.90 Å². The first-order valence-corrected chi connectivity index (χ1v) is 11.1. The van der Waals surface area contributed by atoms with E-state index in [0.717, 1.165) is 37.1 Å². The molecule has 0 saturated carbocycles. The van der Waals surface area contributed by atoms with Crippen LogP contribution in [0.15, 0.2) is 41.9 Å². The minimum absolute atomic E-state index is 0.0416. The monoisotopic (exact) mass is 400 g/mol. The topological polar surface area (TPSA) is 75.5 Å². The Morgan fingerprint density at radius 2 is 1.75 bits per heavy atom. The van der Waals surface area contributed by atoms with Gasteiger partial charge in [0.2, 0.25) is 10.0 Å². The Morgan fingerprint density at radius 1 is 1.00 bits per heavy atom. The molecule has 28 heavy (non-hydrogen) atoms. The maximum atomic E-state index is 12.9. The number of carbonyl (C=O) groups is 1. The van der Waals surface area contributed by atoms with E-state index in [1.54, 1.807) is 17.2 Å². The number of sulfonamides is 1. The molecule has 3 heterocycles. The van der Waals surface area contributed by atoms with Crippen molar-refractivity contribution in [1.29, 1.82) is 0 Å². The van der Waals surface area contributed by atoms with Gasteiger partial charge in [0, 0.05) is 38.1 Å². The van der Waals surface area contributed by atoms with Gasteiger partial charge in [-0.05, 0) is 30.9 Å². The van der Waals surface area contributed by atoms with Crippen molar-refractivity contribution in [2.24, 2.45) is 0 Å². The number of nitrogens with zero attached hydrogens (tertiary/aromatic N) is 4. The largest absolute Gasteiger partial charge is 0.336 e. The number of carbonyl (C=O) groups excluding carboxylic acids is 1. The third-order valence-corrected chi connectivity index (χ3v) is 6.90. The van der Waals surface area contributed by atoms with Gasteiger partial charge in [-0.2, -0.15) is 9.40 Å². The Balaban J connectivity index is 1.39. The highest BCUT2D eigenvalue weighted by Gasteiger charge is 2.30. The summed E-state index contributed by atoms with van der Waals surface area (Å²) in [5.74, 6) is -0.0416. The van der Waals surface area contributed by atoms with Gasteiger partial charge in [-0.1, -0.05) is 30.3 Å². The summed E-state index contributed by atoms with van der Waals surface area (Å²) in [5.41, 5.74) is 2.52. The maximum Gasteiger partial charge on any atom is 0.257 e. The van der Waals surface area contributed by atoms with Crippen molar-refractivity contribution in [2.75, 3.05) is 26.2 Å². The number of aromatic nitrogens is 2. The fourth-order valence-electron chi connectivity index (χ4n) is 3.73. The Bertz CT molecular complexity index is 974. The first-order valence-electron chi connectivity index (χ1n) is 9.62. The molecule has 1 fully saturated rings. The Hall–Kier alpha value is -2.45. The molecule has 4 rings (SSSR count). The molecule has 8 heteroatoms. The molecule has 0 atom stereocenters. The highest BCUT2D eigenvalue weighted by molar-refractivity contribution is 7.92. The quantitative estimate of drug-likeness (QED) is 0.786. The lowest BCUT2D eigenvalue weighted by Crippen LogP contribution is -2.50. The Morgan fingerprint density at radius 3 is 2.50 bits per heavy atom. The molecule has 1 saturated heterocycles. The summed E-state index contributed by atoms with van der Waals surface area (Å²) in [5, 5.41) is 5.58. The SMILES string of the molecule is O=C(c1cnn2c1CCCC2)N1CCN(S(=O)(=O)C=Cc2ccccc2)CC1. The molecule has 7 nitrogen and oxygen atoms in total. The molecule has 148 valence electrons. The standard InChI is InChI=1S/C20H24N4O3S/c25-20(18-16-21-24-10-5-4-8-19(18)24)22-11-13-23(14-12-22)28(26,27)15-9-17-6-2-1-3-7-17/h1-3,6-7,9,15-16H,4-5,8,10-14H2. The third-order valence-electron chi connectivity index (χ3n) is 5.33. The van der Waals surface area contributed by atoms with E-state index in [4.69, 9.17) is 0 Å². The molecule has 1 aromatic heterocycles. The number of aryl methyl sites for hydroxylation is 1. The van der Waals surface area contributed by atoms with E-state index in [2.05, 4.69) is 5.10 Å². The summed E-state index contributed by atoms with van der Waals surface area (Å²) in [6.07, 6.45) is 6.31. The lowest BCUT2D eigenvalue weighted by Gasteiger charge is -2.33. The lowest BCUT2D eigenvalue weighted by atomic mass is 10.1. The van der Waals surface area contributed by atoms with Gasteiger partial charge in [0.25, 0.3) is 5.91 Å². The number of amides is 1. The number of piperazine rings is 1. The van der Waals surface area contributed by atoms with Gasteiger partial charge in [-0.25, -0.2) is 8.42 Å². The van der Waals surface area contributed by atoms with Crippen LogP contribution < -0.4 is 0 Å². The summed E-state index contributed by atoms with van der Waals surface area (Å²) < 4.78 is 28.5. The van der Waals surface area contributed by atoms with E-state index >= 15 is 0 Å². The second kappa shape index (κ2) is 7.89. The van der Waals surface area contributed by atoms with Crippen LogP contribution in [0.1, 0.15) is 34.5 Å². The van der Waals surface area contributed by atoms with Crippen LogP contribution in [0.25, 0.3) is 6.08 Å². The van der Waals surface area contributed by atoms with Crippen LogP contribution in [-0.2, 0) is 23.0 Å². The fourth-order valence-corrected chi connectivity index (χ4v) is 4.90. The molecule has 0 N–H and O–H groups in total. The van der Waals surface area contributed by atoms with Crippen LogP contribution in [0.4, 0.5) is 0 Å². The minimum atomic E-state index is -3.50. The summed E-state index contributed by atoms with van der Waals surface area (Å²) in [6.45, 7) is 2.25. The fraction of sp³-hybridized carbons (Fsp3) is 0.400. The predicted octanol–water partition coefficient (Wildman–Crippen LogP) is 1.98. The molecule has 1 amide bonds. The molecular weight excluding hydrogens is 376 g/mol. The number of benzene rings is 1. The van der Waals surface area contributed by atoms with Crippen molar-refractivity contribution in [2.45, 2.75) is 25.8 Å². The molecule has 1 aromatic carbocycles. The predicted molar refractivity (Wildman–Crippen MR) is 107 cm³/mol. The van der Waals surface area contributed by atoms with Crippen LogP contribution in [0.5, 0.6) is 0 Å². The van der Waals surface area contributed by atoms with Crippen molar-refractivity contribution in [3.63, 3.8) is 0 Å². The van der Waals surface area contributed by atoms with Crippen molar-refractivity contribution < 1.29 is 13.2 Å². The summed E-state index contributed by atoms with van der Waals surface area (Å²) in [4.78, 5) is 14.6. The zero-order valence-electron chi connectivity index (χ0n) is 15.7. The molecular formula is C20H24N4O3S. The Labute approximate surface area is 165 Å². The first-order chi connectivity index (χ1) is 13.5. The van der Waals surface area contributed by atoms with E-state index in [1.165, 1.54) is 9.71 Å². The van der Waals surface area contributed by atoms with Gasteiger partial charge >= 0.3 is 0 Å². The van der Waals surface area contributed by atoms with Crippen LogP contribution >= 0.6 is 0 Å². The zero-order chi connectivity index (χ0) is 19.6. The zero-order valence-corrected chi connectivity index (χ0v) is 16.5. The van der Waals surface area contributed by atoms with Gasteiger partial charge in [0.05, 0.1) is 17.5 Å². The minimum Gasteiger partial charge on any atom is -0.336 e. The van der Waals surface area contributed by atoms with Gasteiger partial charge in [-0.15, -0.1) is 0 Å². The molecule has 2 aliphatic heterocycles. The highest BCUT2D eigenvalue weighted by Crippen LogP contribution is 2.21. The van der Waals surface area contributed by atoms with Crippen molar-refractivity contribution in [3.05, 3.63) is 58.8 Å². The average Bonchev–Trinajstić information content (AvgIpc) is 3.17. The van der Waals surface area contributed by atoms with Crippen molar-refractivity contribution >= 4 is 22.0 Å². The Kier molecular flexibility index (Phi) is 5.32. The van der Waals surface area contributed by atoms with Crippen LogP contribution in [0.2, 0.25) is 0 Å². The molecule has 0 unspecified atom stereocenters. The van der Waals surface area contributed by atoms with Gasteiger partial charge in [0.15, 0.2) is 0 Å². The third kappa shape index (κ3) is 3.88. The van der Waals surface area contributed by atoms with Crippen molar-refractivity contribution in [1.82, 2.24) is 19.0 Å². The van der Waals surface area contributed by atoms with Gasteiger partial charge in [-0.3, -0.25) is 9.48 Å². The summed E-state index contributed by atoms with van der Waals surface area (Å²) in [6, 6.07) is 9.34.